The lowest BCUT2D eigenvalue weighted by molar-refractivity contribution is 0.286. The molecule has 0 aromatic heterocycles. The fourth-order valence-corrected chi connectivity index (χ4v) is 4.86. The minimum atomic E-state index is -0.711. The summed E-state index contributed by atoms with van der Waals surface area (Å²) < 4.78 is 18.2. The first-order valence-electron chi connectivity index (χ1n) is 10.6. The number of hydrogen-bond acceptors (Lipinski definition) is 3. The van der Waals surface area contributed by atoms with Gasteiger partial charge in [-0.15, -0.1) is 24.0 Å². The molecule has 7 heteroatoms. The summed E-state index contributed by atoms with van der Waals surface area (Å²) in [4.78, 5) is 4.38. The highest BCUT2D eigenvalue weighted by molar-refractivity contribution is 14.0. The average Bonchev–Trinajstić information content (AvgIpc) is 2.71. The van der Waals surface area contributed by atoms with Gasteiger partial charge in [0.1, 0.15) is 5.75 Å². The van der Waals surface area contributed by atoms with Crippen LogP contribution in [0.1, 0.15) is 58.4 Å². The summed E-state index contributed by atoms with van der Waals surface area (Å²) in [7, 11) is 1.09. The summed E-state index contributed by atoms with van der Waals surface area (Å²) >= 11 is 0. The van der Waals surface area contributed by atoms with Gasteiger partial charge in [0.25, 0.3) is 0 Å². The summed E-state index contributed by atoms with van der Waals surface area (Å²) in [6.45, 7) is 7.82. The summed E-state index contributed by atoms with van der Waals surface area (Å²) in [5.74, 6) is 3.11. The van der Waals surface area contributed by atoms with Gasteiger partial charge in [0.2, 0.25) is 0 Å². The van der Waals surface area contributed by atoms with Crippen LogP contribution in [-0.4, -0.2) is 40.9 Å². The van der Waals surface area contributed by atoms with E-state index in [1.54, 1.807) is 7.05 Å². The van der Waals surface area contributed by atoms with E-state index in [9.17, 15) is 4.21 Å². The number of aliphatic imine (C=N–C) groups is 1. The van der Waals surface area contributed by atoms with Crippen molar-refractivity contribution in [2.75, 3.05) is 19.4 Å². The average molecular weight is 536 g/mol. The lowest BCUT2D eigenvalue weighted by Gasteiger charge is -2.30. The molecular formula is C22H38IN3O2S. The van der Waals surface area contributed by atoms with Gasteiger partial charge in [-0.3, -0.25) is 9.20 Å². The molecule has 0 heterocycles. The van der Waals surface area contributed by atoms with E-state index in [0.717, 1.165) is 61.7 Å². The van der Waals surface area contributed by atoms with Gasteiger partial charge in [0, 0.05) is 47.0 Å². The number of rotatable bonds is 9. The van der Waals surface area contributed by atoms with E-state index >= 15 is 0 Å². The third kappa shape index (κ3) is 9.24. The summed E-state index contributed by atoms with van der Waals surface area (Å²) in [6, 6.07) is 8.50. The van der Waals surface area contributed by atoms with E-state index in [0.29, 0.717) is 23.8 Å². The topological polar surface area (TPSA) is 62.7 Å². The van der Waals surface area contributed by atoms with Crippen molar-refractivity contribution in [1.82, 2.24) is 10.6 Å². The van der Waals surface area contributed by atoms with E-state index in [1.165, 1.54) is 0 Å². The third-order valence-electron chi connectivity index (χ3n) is 5.22. The van der Waals surface area contributed by atoms with E-state index in [4.69, 9.17) is 4.74 Å². The summed E-state index contributed by atoms with van der Waals surface area (Å²) in [6.07, 6.45) is 5.30. The van der Waals surface area contributed by atoms with Crippen molar-refractivity contribution in [3.05, 3.63) is 29.8 Å². The van der Waals surface area contributed by atoms with Crippen molar-refractivity contribution in [1.29, 1.82) is 0 Å². The van der Waals surface area contributed by atoms with Crippen LogP contribution < -0.4 is 15.4 Å². The number of para-hydroxylation sites is 1. The molecule has 1 aliphatic rings. The van der Waals surface area contributed by atoms with Gasteiger partial charge >= 0.3 is 0 Å². The Kier molecular flexibility index (Phi) is 12.9. The van der Waals surface area contributed by atoms with Crippen molar-refractivity contribution >= 4 is 40.7 Å². The number of benzene rings is 1. The second-order valence-corrected chi connectivity index (χ2v) is 9.87. The first-order valence-corrected chi connectivity index (χ1v) is 12.0. The molecule has 1 aliphatic carbocycles. The van der Waals surface area contributed by atoms with Crippen LogP contribution in [0.15, 0.2) is 29.3 Å². The lowest BCUT2D eigenvalue weighted by atomic mass is 9.95. The van der Waals surface area contributed by atoms with Crippen LogP contribution in [0.25, 0.3) is 0 Å². The molecule has 0 aliphatic heterocycles. The maximum Gasteiger partial charge on any atom is 0.191 e. The molecule has 0 saturated heterocycles. The number of halogens is 1. The smallest absolute Gasteiger partial charge is 0.191 e. The number of ether oxygens (including phenoxy) is 1. The number of nitrogens with zero attached hydrogens (tertiary/aromatic N) is 1. The molecule has 1 aromatic carbocycles. The molecule has 3 unspecified atom stereocenters. The van der Waals surface area contributed by atoms with E-state index in [1.807, 2.05) is 25.1 Å². The zero-order valence-corrected chi connectivity index (χ0v) is 21.4. The predicted octanol–water partition coefficient (Wildman–Crippen LogP) is 4.47. The lowest BCUT2D eigenvalue weighted by Crippen LogP contribution is -2.46. The molecule has 3 atom stereocenters. The second kappa shape index (κ2) is 14.2. The minimum Gasteiger partial charge on any atom is -0.493 e. The van der Waals surface area contributed by atoms with Gasteiger partial charge in [0.05, 0.1) is 6.61 Å². The highest BCUT2D eigenvalue weighted by atomic mass is 127. The van der Waals surface area contributed by atoms with Crippen molar-refractivity contribution in [2.45, 2.75) is 70.7 Å². The first-order chi connectivity index (χ1) is 13.5. The van der Waals surface area contributed by atoms with Crippen LogP contribution in [0.4, 0.5) is 0 Å². The highest BCUT2D eigenvalue weighted by Crippen LogP contribution is 2.23. The van der Waals surface area contributed by atoms with E-state index < -0.39 is 10.8 Å². The quantitative estimate of drug-likeness (QED) is 0.278. The fourth-order valence-electron chi connectivity index (χ4n) is 3.51. The fraction of sp³-hybridized carbons (Fsp3) is 0.682. The van der Waals surface area contributed by atoms with Crippen molar-refractivity contribution < 1.29 is 8.95 Å². The Morgan fingerprint density at radius 3 is 2.76 bits per heavy atom. The molecule has 5 nitrogen and oxygen atoms in total. The maximum atomic E-state index is 12.2. The SMILES string of the molecule is CCS(=O)C1CCCC(NC(=NC)NCc2ccccc2OCCC(C)C)C1.I. The Morgan fingerprint density at radius 1 is 1.31 bits per heavy atom. The second-order valence-electron chi connectivity index (χ2n) is 7.86. The Labute approximate surface area is 196 Å². The van der Waals surface area contributed by atoms with Gasteiger partial charge in [-0.2, -0.15) is 0 Å². The molecule has 166 valence electrons. The molecule has 1 saturated carbocycles. The predicted molar refractivity (Wildman–Crippen MR) is 135 cm³/mol. The standard InChI is InChI=1S/C22H37N3O2S.HI/c1-5-28(26)20-11-8-10-19(15-20)25-22(23-4)24-16-18-9-6-7-12-21(18)27-14-13-17(2)3;/h6-7,9,12,17,19-20H,5,8,10-11,13-16H2,1-4H3,(H2,23,24,25);1H. The zero-order chi connectivity index (χ0) is 20.4. The van der Waals surface area contributed by atoms with Gasteiger partial charge < -0.3 is 15.4 Å². The summed E-state index contributed by atoms with van der Waals surface area (Å²) in [5, 5.41) is 7.25. The van der Waals surface area contributed by atoms with Crippen LogP contribution in [0.5, 0.6) is 5.75 Å². The molecule has 0 radical (unpaired) electrons. The largest absolute Gasteiger partial charge is 0.493 e. The van der Waals surface area contributed by atoms with Crippen molar-refractivity contribution in [3.8, 4) is 5.75 Å². The van der Waals surface area contributed by atoms with Crippen molar-refractivity contribution in [2.24, 2.45) is 10.9 Å². The van der Waals surface area contributed by atoms with Crippen LogP contribution >= 0.6 is 24.0 Å². The number of hydrogen-bond donors (Lipinski definition) is 2. The van der Waals surface area contributed by atoms with Crippen LogP contribution in [-0.2, 0) is 17.3 Å². The number of nitrogens with one attached hydrogen (secondary N) is 2. The Balaban J connectivity index is 0.00000420. The van der Waals surface area contributed by atoms with E-state index in [2.05, 4.69) is 35.5 Å². The van der Waals surface area contributed by atoms with Crippen molar-refractivity contribution in [3.63, 3.8) is 0 Å². The third-order valence-corrected chi connectivity index (χ3v) is 6.96. The Hall–Kier alpha value is -0.830. The van der Waals surface area contributed by atoms with Crippen LogP contribution in [0, 0.1) is 5.92 Å². The van der Waals surface area contributed by atoms with Crippen LogP contribution in [0.3, 0.4) is 0 Å². The molecule has 29 heavy (non-hydrogen) atoms. The normalized spacial score (nSPS) is 20.7. The van der Waals surface area contributed by atoms with Gasteiger partial charge in [-0.1, -0.05) is 45.4 Å². The Morgan fingerprint density at radius 2 is 2.07 bits per heavy atom. The van der Waals surface area contributed by atoms with Gasteiger partial charge in [-0.05, 0) is 37.7 Å². The van der Waals surface area contributed by atoms with Crippen LogP contribution in [0.2, 0.25) is 0 Å². The minimum absolute atomic E-state index is 0. The monoisotopic (exact) mass is 535 g/mol. The van der Waals surface area contributed by atoms with E-state index in [-0.39, 0.29) is 24.0 Å². The number of guanidine groups is 1. The Bertz CT molecular complexity index is 655. The molecule has 0 bridgehead atoms. The summed E-state index contributed by atoms with van der Waals surface area (Å²) in [5.41, 5.74) is 1.13. The maximum absolute atomic E-state index is 12.2. The molecule has 2 rings (SSSR count). The molecule has 2 N–H and O–H groups in total. The molecule has 1 fully saturated rings. The first kappa shape index (κ1) is 26.2. The zero-order valence-electron chi connectivity index (χ0n) is 18.3. The molecule has 0 amide bonds. The molecule has 0 spiro atoms. The van der Waals surface area contributed by atoms with Gasteiger partial charge in [0.15, 0.2) is 5.96 Å². The molecule has 1 aromatic rings. The van der Waals surface area contributed by atoms with Gasteiger partial charge in [-0.25, -0.2) is 0 Å². The molecular weight excluding hydrogens is 497 g/mol. The highest BCUT2D eigenvalue weighted by Gasteiger charge is 2.26.